The second-order valence-corrected chi connectivity index (χ2v) is 7.66. The summed E-state index contributed by atoms with van der Waals surface area (Å²) in [5.41, 5.74) is 3.83. The summed E-state index contributed by atoms with van der Waals surface area (Å²) < 4.78 is 0. The van der Waals surface area contributed by atoms with Crippen LogP contribution in [0.4, 0.5) is 16.6 Å². The number of aromatic nitrogens is 5. The fraction of sp³-hybridized carbons (Fsp3) is 0.286. The standard InChI is InChI=1S/C21H23N7S/c1-3-11-28(12-4-2)16-8-9-22-19(13-16)27-21-26-18-6-5-17(25-20(18)29-21)15-7-10-23-24-14-15/h5-10,13-14H,3-4,11-12H2,1-2H3,(H,22,26,27). The zero-order chi connectivity index (χ0) is 20.1. The molecule has 0 bridgehead atoms. The van der Waals surface area contributed by atoms with Crippen LogP contribution in [0.25, 0.3) is 21.6 Å². The molecule has 148 valence electrons. The molecular formula is C21H23N7S. The Hall–Kier alpha value is -3.13. The minimum atomic E-state index is 0.777. The third kappa shape index (κ3) is 4.48. The van der Waals surface area contributed by atoms with E-state index in [9.17, 15) is 0 Å². The maximum absolute atomic E-state index is 4.72. The molecule has 0 spiro atoms. The normalized spacial score (nSPS) is 11.0. The molecule has 0 aliphatic heterocycles. The van der Waals surface area contributed by atoms with Gasteiger partial charge in [0.05, 0.1) is 18.1 Å². The average molecular weight is 406 g/mol. The molecular weight excluding hydrogens is 382 g/mol. The molecule has 0 amide bonds. The zero-order valence-electron chi connectivity index (χ0n) is 16.5. The van der Waals surface area contributed by atoms with Gasteiger partial charge in [-0.1, -0.05) is 25.2 Å². The van der Waals surface area contributed by atoms with Crippen LogP contribution < -0.4 is 10.2 Å². The lowest BCUT2D eigenvalue weighted by molar-refractivity contribution is 0.744. The molecule has 7 nitrogen and oxygen atoms in total. The van der Waals surface area contributed by atoms with Crippen molar-refractivity contribution in [1.82, 2.24) is 25.1 Å². The summed E-state index contributed by atoms with van der Waals surface area (Å²) in [6, 6.07) is 9.97. The van der Waals surface area contributed by atoms with Gasteiger partial charge in [-0.3, -0.25) is 0 Å². The fourth-order valence-electron chi connectivity index (χ4n) is 3.18. The fourth-order valence-corrected chi connectivity index (χ4v) is 4.02. The summed E-state index contributed by atoms with van der Waals surface area (Å²) in [6.45, 7) is 6.48. The van der Waals surface area contributed by atoms with Crippen molar-refractivity contribution in [3.8, 4) is 11.3 Å². The predicted molar refractivity (Wildman–Crippen MR) is 119 cm³/mol. The van der Waals surface area contributed by atoms with Gasteiger partial charge >= 0.3 is 0 Å². The van der Waals surface area contributed by atoms with Crippen molar-refractivity contribution >= 4 is 38.3 Å². The zero-order valence-corrected chi connectivity index (χ0v) is 17.4. The first-order valence-electron chi connectivity index (χ1n) is 9.79. The van der Waals surface area contributed by atoms with Gasteiger partial charge in [-0.05, 0) is 37.1 Å². The number of hydrogen-bond acceptors (Lipinski definition) is 8. The summed E-state index contributed by atoms with van der Waals surface area (Å²) in [6.07, 6.45) is 7.45. The highest BCUT2D eigenvalue weighted by Gasteiger charge is 2.10. The number of thiazole rings is 1. The average Bonchev–Trinajstić information content (AvgIpc) is 3.16. The quantitative estimate of drug-likeness (QED) is 0.446. The predicted octanol–water partition coefficient (Wildman–Crippen LogP) is 4.91. The van der Waals surface area contributed by atoms with E-state index in [0.717, 1.165) is 58.5 Å². The van der Waals surface area contributed by atoms with Gasteiger partial charge in [-0.15, -0.1) is 0 Å². The van der Waals surface area contributed by atoms with Crippen molar-refractivity contribution in [2.75, 3.05) is 23.3 Å². The molecule has 0 radical (unpaired) electrons. The topological polar surface area (TPSA) is 79.7 Å². The molecule has 0 unspecified atom stereocenters. The molecule has 0 saturated carbocycles. The monoisotopic (exact) mass is 405 g/mol. The van der Waals surface area contributed by atoms with E-state index in [2.05, 4.69) is 56.4 Å². The Bertz CT molecular complexity index is 1070. The number of pyridine rings is 2. The van der Waals surface area contributed by atoms with Crippen molar-refractivity contribution in [3.63, 3.8) is 0 Å². The lowest BCUT2D eigenvalue weighted by Gasteiger charge is -2.24. The third-order valence-electron chi connectivity index (χ3n) is 4.47. The van der Waals surface area contributed by atoms with Gasteiger partial charge < -0.3 is 10.2 Å². The summed E-state index contributed by atoms with van der Waals surface area (Å²) in [5.74, 6) is 0.789. The first-order valence-corrected chi connectivity index (χ1v) is 10.6. The first-order chi connectivity index (χ1) is 14.3. The molecule has 0 aliphatic carbocycles. The van der Waals surface area contributed by atoms with Crippen molar-refractivity contribution in [3.05, 3.63) is 48.9 Å². The van der Waals surface area contributed by atoms with E-state index in [1.807, 2.05) is 24.4 Å². The largest absolute Gasteiger partial charge is 0.371 e. The van der Waals surface area contributed by atoms with Crippen LogP contribution >= 0.6 is 11.3 Å². The van der Waals surface area contributed by atoms with Crippen LogP contribution in [0.5, 0.6) is 0 Å². The molecule has 0 saturated heterocycles. The van der Waals surface area contributed by atoms with Gasteiger partial charge in [0.15, 0.2) is 5.13 Å². The summed E-state index contributed by atoms with van der Waals surface area (Å²) in [5, 5.41) is 11.9. The number of hydrogen-bond donors (Lipinski definition) is 1. The highest BCUT2D eigenvalue weighted by atomic mass is 32.1. The highest BCUT2D eigenvalue weighted by Crippen LogP contribution is 2.29. The number of nitrogens with zero attached hydrogens (tertiary/aromatic N) is 6. The van der Waals surface area contributed by atoms with Crippen molar-refractivity contribution in [1.29, 1.82) is 0 Å². The smallest absolute Gasteiger partial charge is 0.190 e. The van der Waals surface area contributed by atoms with Gasteiger partial charge in [0.25, 0.3) is 0 Å². The van der Waals surface area contributed by atoms with Crippen LogP contribution in [0.2, 0.25) is 0 Å². The Morgan fingerprint density at radius 2 is 1.83 bits per heavy atom. The van der Waals surface area contributed by atoms with Gasteiger partial charge in [0, 0.05) is 36.6 Å². The molecule has 8 heteroatoms. The minimum absolute atomic E-state index is 0.777. The van der Waals surface area contributed by atoms with Crippen LogP contribution in [0.3, 0.4) is 0 Å². The second-order valence-electron chi connectivity index (χ2n) is 6.68. The first kappa shape index (κ1) is 19.2. The second kappa shape index (κ2) is 8.91. The minimum Gasteiger partial charge on any atom is -0.371 e. The Labute approximate surface area is 173 Å². The van der Waals surface area contributed by atoms with E-state index in [-0.39, 0.29) is 0 Å². The van der Waals surface area contributed by atoms with E-state index in [1.54, 1.807) is 12.4 Å². The van der Waals surface area contributed by atoms with E-state index >= 15 is 0 Å². The lowest BCUT2D eigenvalue weighted by atomic mass is 10.2. The number of fused-ring (bicyclic) bond motifs is 1. The molecule has 4 aromatic rings. The van der Waals surface area contributed by atoms with Crippen molar-refractivity contribution in [2.24, 2.45) is 0 Å². The van der Waals surface area contributed by atoms with Gasteiger partial charge in [0.2, 0.25) is 0 Å². The van der Waals surface area contributed by atoms with Crippen LogP contribution in [0.1, 0.15) is 26.7 Å². The molecule has 4 heterocycles. The van der Waals surface area contributed by atoms with Crippen LogP contribution in [-0.2, 0) is 0 Å². The van der Waals surface area contributed by atoms with Crippen molar-refractivity contribution < 1.29 is 0 Å². The molecule has 4 aromatic heterocycles. The Kier molecular flexibility index (Phi) is 5.90. The molecule has 0 fully saturated rings. The summed E-state index contributed by atoms with van der Waals surface area (Å²) >= 11 is 1.51. The van der Waals surface area contributed by atoms with Gasteiger partial charge in [-0.25, -0.2) is 15.0 Å². The van der Waals surface area contributed by atoms with Gasteiger partial charge in [-0.2, -0.15) is 10.2 Å². The lowest BCUT2D eigenvalue weighted by Crippen LogP contribution is -2.24. The third-order valence-corrected chi connectivity index (χ3v) is 5.35. The summed E-state index contributed by atoms with van der Waals surface area (Å²) in [7, 11) is 0. The molecule has 0 aliphatic rings. The molecule has 29 heavy (non-hydrogen) atoms. The van der Waals surface area contributed by atoms with E-state index in [4.69, 9.17) is 4.98 Å². The summed E-state index contributed by atoms with van der Waals surface area (Å²) in [4.78, 5) is 17.1. The Balaban J connectivity index is 1.57. The van der Waals surface area contributed by atoms with Crippen molar-refractivity contribution in [2.45, 2.75) is 26.7 Å². The highest BCUT2D eigenvalue weighted by molar-refractivity contribution is 7.21. The molecule has 0 aromatic carbocycles. The van der Waals surface area contributed by atoms with E-state index < -0.39 is 0 Å². The maximum Gasteiger partial charge on any atom is 0.190 e. The Morgan fingerprint density at radius 3 is 2.59 bits per heavy atom. The number of rotatable bonds is 8. The molecule has 0 atom stereocenters. The van der Waals surface area contributed by atoms with Gasteiger partial charge in [0.1, 0.15) is 16.2 Å². The Morgan fingerprint density at radius 1 is 0.966 bits per heavy atom. The van der Waals surface area contributed by atoms with E-state index in [1.165, 1.54) is 17.0 Å². The van der Waals surface area contributed by atoms with Crippen LogP contribution in [-0.4, -0.2) is 38.2 Å². The molecule has 4 rings (SSSR count). The number of anilines is 3. The maximum atomic E-state index is 4.72. The SMILES string of the molecule is CCCN(CCC)c1ccnc(Nc2nc3ccc(-c4ccnnc4)nc3s2)c1. The molecule has 1 N–H and O–H groups in total. The number of nitrogens with one attached hydrogen (secondary N) is 1. The van der Waals surface area contributed by atoms with E-state index in [0.29, 0.717) is 0 Å². The van der Waals surface area contributed by atoms with Crippen LogP contribution in [0.15, 0.2) is 48.9 Å². The van der Waals surface area contributed by atoms with Crippen LogP contribution in [0, 0.1) is 0 Å².